The van der Waals surface area contributed by atoms with Gasteiger partial charge in [-0.1, -0.05) is 41.5 Å². The second kappa shape index (κ2) is 8.61. The monoisotopic (exact) mass is 451 g/mol. The number of phenols is 1. The van der Waals surface area contributed by atoms with Gasteiger partial charge >= 0.3 is 0 Å². The molecule has 0 spiro atoms. The molecule has 0 saturated heterocycles. The first-order valence-corrected chi connectivity index (χ1v) is 13.1. The summed E-state index contributed by atoms with van der Waals surface area (Å²) in [5.41, 5.74) is 1.35. The minimum Gasteiger partial charge on any atom is -0.611 e. The van der Waals surface area contributed by atoms with E-state index in [9.17, 15) is 19.0 Å². The van der Waals surface area contributed by atoms with Crippen molar-refractivity contribution >= 4 is 28.1 Å². The molecule has 0 amide bonds. The lowest BCUT2D eigenvalue weighted by Gasteiger charge is -2.28. The largest absolute Gasteiger partial charge is 0.611 e. The summed E-state index contributed by atoms with van der Waals surface area (Å²) in [4.78, 5) is 13.9. The molecule has 2 rings (SSSR count). The van der Waals surface area contributed by atoms with Crippen molar-refractivity contribution in [3.8, 4) is 5.75 Å². The van der Waals surface area contributed by atoms with Gasteiger partial charge in [-0.15, -0.1) is 0 Å². The number of aromatic nitrogens is 1. The molecule has 0 aliphatic carbocycles. The first-order chi connectivity index (χ1) is 13.6. The van der Waals surface area contributed by atoms with E-state index >= 15 is 0 Å². The Hall–Kier alpha value is -1.41. The van der Waals surface area contributed by atoms with Gasteiger partial charge in [-0.2, -0.15) is 0 Å². The van der Waals surface area contributed by atoms with Gasteiger partial charge in [0.2, 0.25) is 4.90 Å². The van der Waals surface area contributed by atoms with Crippen LogP contribution in [0.2, 0.25) is 0 Å². The Bertz CT molecular complexity index is 912. The molecule has 1 heterocycles. The number of carbonyl (C=O) groups is 1. The molecular weight excluding hydrogens is 418 g/mol. The highest BCUT2D eigenvalue weighted by atomic mass is 32.2. The van der Waals surface area contributed by atoms with Crippen molar-refractivity contribution in [2.45, 2.75) is 75.8 Å². The Kier molecular flexibility index (Phi) is 7.14. The van der Waals surface area contributed by atoms with E-state index in [1.807, 2.05) is 48.5 Å². The van der Waals surface area contributed by atoms with Crippen LogP contribution in [-0.2, 0) is 39.7 Å². The maximum Gasteiger partial charge on any atom is 0.281 e. The lowest BCUT2D eigenvalue weighted by Crippen LogP contribution is -2.19. The second-order valence-corrected chi connectivity index (χ2v) is 12.2. The Morgan fingerprint density at radius 1 is 1.00 bits per heavy atom. The predicted octanol–water partition coefficient (Wildman–Crippen LogP) is 4.51. The number of phenolic OH excluding ortho intramolecular Hbond substituents is 1. The summed E-state index contributed by atoms with van der Waals surface area (Å²) in [5.74, 6) is -0.0811. The summed E-state index contributed by atoms with van der Waals surface area (Å²) in [7, 11) is 0. The molecule has 1 aromatic carbocycles. The number of aryl methyl sites for hydroxylation is 1. The van der Waals surface area contributed by atoms with Crippen LogP contribution in [-0.4, -0.2) is 37.1 Å². The molecule has 166 valence electrons. The molecule has 0 radical (unpaired) electrons. The molecule has 7 heteroatoms. The molecule has 0 fully saturated rings. The second-order valence-electron chi connectivity index (χ2n) is 9.62. The smallest absolute Gasteiger partial charge is 0.281 e. The molecule has 1 N–H and O–H groups in total. The van der Waals surface area contributed by atoms with E-state index in [0.717, 1.165) is 0 Å². The Labute approximate surface area is 186 Å². The zero-order valence-electron chi connectivity index (χ0n) is 19.4. The third-order valence-corrected chi connectivity index (χ3v) is 7.22. The number of nitrogens with zero attached hydrogens (tertiary/aromatic N) is 1. The maximum atomic E-state index is 13.6. The number of ketones is 1. The summed E-state index contributed by atoms with van der Waals surface area (Å²) in [6, 6.07) is 3.45. The van der Waals surface area contributed by atoms with Crippen molar-refractivity contribution in [3.63, 3.8) is 0 Å². The summed E-state index contributed by atoms with van der Waals surface area (Å²) < 4.78 is 26.6. The SMILES string of the molecule is CCn1cc(C(=O)c2cc(C(C)(C)C)c(O)c(C(C)(C)C)c2)c([S+](C)[O-])c1[S+](C)[O-]. The van der Waals surface area contributed by atoms with Gasteiger partial charge in [0.25, 0.3) is 5.03 Å². The minimum atomic E-state index is -1.48. The zero-order valence-corrected chi connectivity index (χ0v) is 21.0. The van der Waals surface area contributed by atoms with Gasteiger partial charge in [0, 0.05) is 40.6 Å². The van der Waals surface area contributed by atoms with Gasteiger partial charge in [0.15, 0.2) is 5.78 Å². The third kappa shape index (κ3) is 4.74. The van der Waals surface area contributed by atoms with E-state index in [1.165, 1.54) is 12.5 Å². The summed E-state index contributed by atoms with van der Waals surface area (Å²) >= 11 is -2.87. The van der Waals surface area contributed by atoms with Crippen LogP contribution in [0.1, 0.15) is 75.5 Å². The van der Waals surface area contributed by atoms with Crippen LogP contribution in [0, 0.1) is 0 Å². The van der Waals surface area contributed by atoms with E-state index in [-0.39, 0.29) is 22.4 Å². The van der Waals surface area contributed by atoms with Gasteiger partial charge in [-0.3, -0.25) is 4.79 Å². The van der Waals surface area contributed by atoms with E-state index in [1.54, 1.807) is 22.9 Å². The number of carbonyl (C=O) groups excluding carboxylic acids is 1. The fourth-order valence-electron chi connectivity index (χ4n) is 3.55. The van der Waals surface area contributed by atoms with Crippen LogP contribution >= 0.6 is 0 Å². The minimum absolute atomic E-state index is 0.201. The lowest BCUT2D eigenvalue weighted by molar-refractivity contribution is 0.103. The number of aromatic hydroxyl groups is 1. The van der Waals surface area contributed by atoms with Crippen LogP contribution < -0.4 is 0 Å². The van der Waals surface area contributed by atoms with E-state index < -0.39 is 22.4 Å². The van der Waals surface area contributed by atoms with Gasteiger partial charge in [-0.25, -0.2) is 0 Å². The predicted molar refractivity (Wildman–Crippen MR) is 124 cm³/mol. The molecule has 30 heavy (non-hydrogen) atoms. The average molecular weight is 452 g/mol. The lowest BCUT2D eigenvalue weighted by atomic mass is 9.78. The number of benzene rings is 1. The van der Waals surface area contributed by atoms with Crippen LogP contribution in [0.25, 0.3) is 0 Å². The number of hydrogen-bond donors (Lipinski definition) is 1. The summed E-state index contributed by atoms with van der Waals surface area (Å²) in [5, 5.41) is 11.4. The van der Waals surface area contributed by atoms with Crippen molar-refractivity contribution in [2.75, 3.05) is 12.5 Å². The fourth-order valence-corrected chi connectivity index (χ4v) is 5.96. The molecule has 5 nitrogen and oxygen atoms in total. The maximum absolute atomic E-state index is 13.6. The summed E-state index contributed by atoms with van der Waals surface area (Å²) in [6.07, 6.45) is 4.68. The average Bonchev–Trinajstić information content (AvgIpc) is 2.99. The van der Waals surface area contributed by atoms with E-state index in [4.69, 9.17) is 0 Å². The quantitative estimate of drug-likeness (QED) is 0.535. The molecular formula is C23H33NO4S2. The Morgan fingerprint density at radius 3 is 1.80 bits per heavy atom. The molecule has 1 aromatic heterocycles. The number of rotatable bonds is 5. The van der Waals surface area contributed by atoms with Crippen molar-refractivity contribution < 1.29 is 19.0 Å². The van der Waals surface area contributed by atoms with Gasteiger partial charge < -0.3 is 18.8 Å². The van der Waals surface area contributed by atoms with Crippen molar-refractivity contribution in [1.29, 1.82) is 0 Å². The van der Waals surface area contributed by atoms with Gasteiger partial charge in [-0.05, 0) is 41.1 Å². The molecule has 2 atom stereocenters. The van der Waals surface area contributed by atoms with E-state index in [2.05, 4.69) is 0 Å². The molecule has 0 bridgehead atoms. The van der Waals surface area contributed by atoms with Crippen LogP contribution in [0.4, 0.5) is 0 Å². The highest BCUT2D eigenvalue weighted by molar-refractivity contribution is 7.93. The molecule has 2 aromatic rings. The highest BCUT2D eigenvalue weighted by Crippen LogP contribution is 2.40. The van der Waals surface area contributed by atoms with Crippen molar-refractivity contribution in [1.82, 2.24) is 4.57 Å². The standard InChI is InChI=1S/C23H33NO4S2/c1-10-24-13-15(20(29(8)27)21(24)30(9)28)18(25)14-11-16(22(2,3)4)19(26)17(12-14)23(5,6)7/h11-13,26H,10H2,1-9H3. The van der Waals surface area contributed by atoms with Crippen LogP contribution in [0.5, 0.6) is 5.75 Å². The zero-order chi connectivity index (χ0) is 23.2. The Balaban J connectivity index is 2.82. The first-order valence-electron chi connectivity index (χ1n) is 9.93. The van der Waals surface area contributed by atoms with Gasteiger partial charge in [0.1, 0.15) is 23.8 Å². The molecule has 0 saturated carbocycles. The number of hydrogen-bond acceptors (Lipinski definition) is 4. The van der Waals surface area contributed by atoms with Crippen LogP contribution in [0.3, 0.4) is 0 Å². The normalized spacial score (nSPS) is 14.6. The van der Waals surface area contributed by atoms with Crippen molar-refractivity contribution in [2.24, 2.45) is 0 Å². The first kappa shape index (κ1) is 24.9. The van der Waals surface area contributed by atoms with Gasteiger partial charge in [0.05, 0.1) is 0 Å². The van der Waals surface area contributed by atoms with Crippen molar-refractivity contribution in [3.05, 3.63) is 40.6 Å². The fraction of sp³-hybridized carbons (Fsp3) is 0.522. The molecule has 0 aliphatic rings. The molecule has 0 aliphatic heterocycles. The third-order valence-electron chi connectivity index (χ3n) is 5.12. The van der Waals surface area contributed by atoms with Crippen LogP contribution in [0.15, 0.2) is 28.3 Å². The Morgan fingerprint density at radius 2 is 1.47 bits per heavy atom. The topological polar surface area (TPSA) is 88.4 Å². The highest BCUT2D eigenvalue weighted by Gasteiger charge is 2.35. The van der Waals surface area contributed by atoms with E-state index in [0.29, 0.717) is 38.7 Å². The molecule has 2 unspecified atom stereocenters. The summed E-state index contributed by atoms with van der Waals surface area (Å²) in [6.45, 7) is 14.3.